The van der Waals surface area contributed by atoms with E-state index in [1.807, 2.05) is 0 Å². The van der Waals surface area contributed by atoms with Crippen LogP contribution in [0.25, 0.3) is 11.1 Å². The predicted octanol–water partition coefficient (Wildman–Crippen LogP) is 1.83. The quantitative estimate of drug-likeness (QED) is 0.594. The first-order valence-electron chi connectivity index (χ1n) is 4.10. The third-order valence-electron chi connectivity index (χ3n) is 2.01. The number of hydrogen-bond acceptors (Lipinski definition) is 4. The maximum Gasteiger partial charge on any atom is 0.165 e. The molecule has 0 aliphatic carbocycles. The second-order valence-corrected chi connectivity index (χ2v) is 3.93. The number of aromatic hydroxyl groups is 2. The number of benzene rings is 1. The highest BCUT2D eigenvalue weighted by Gasteiger charge is 2.13. The van der Waals surface area contributed by atoms with Crippen LogP contribution in [-0.4, -0.2) is 20.4 Å². The molecular weight excluding hydrogens is 262 g/mol. The fourth-order valence-corrected chi connectivity index (χ4v) is 1.75. The van der Waals surface area contributed by atoms with E-state index in [4.69, 9.17) is 5.73 Å². The van der Waals surface area contributed by atoms with Crippen LogP contribution in [0.2, 0.25) is 0 Å². The molecule has 2 rings (SSSR count). The van der Waals surface area contributed by atoms with Gasteiger partial charge in [0.1, 0.15) is 5.82 Å². The zero-order valence-electron chi connectivity index (χ0n) is 7.53. The molecule has 0 unspecified atom stereocenters. The molecule has 1 aromatic heterocycles. The second-order valence-electron chi connectivity index (χ2n) is 3.02. The average Bonchev–Trinajstić information content (AvgIpc) is 2.58. The van der Waals surface area contributed by atoms with Gasteiger partial charge in [-0.05, 0) is 12.1 Å². The Morgan fingerprint density at radius 1 is 1.27 bits per heavy atom. The molecule has 0 aliphatic heterocycles. The minimum atomic E-state index is -0.216. The van der Waals surface area contributed by atoms with E-state index in [2.05, 4.69) is 26.1 Å². The molecule has 78 valence electrons. The summed E-state index contributed by atoms with van der Waals surface area (Å²) in [5, 5.41) is 25.4. The largest absolute Gasteiger partial charge is 0.504 e. The van der Waals surface area contributed by atoms with Crippen LogP contribution in [0.1, 0.15) is 0 Å². The summed E-state index contributed by atoms with van der Waals surface area (Å²) in [4.78, 5) is 0. The van der Waals surface area contributed by atoms with Gasteiger partial charge in [-0.25, -0.2) is 0 Å². The van der Waals surface area contributed by atoms with E-state index in [1.165, 1.54) is 12.3 Å². The number of nitrogens with one attached hydrogen (secondary N) is 1. The smallest absolute Gasteiger partial charge is 0.165 e. The van der Waals surface area contributed by atoms with Gasteiger partial charge >= 0.3 is 0 Å². The van der Waals surface area contributed by atoms with Crippen molar-refractivity contribution < 1.29 is 10.2 Å². The summed E-state index contributed by atoms with van der Waals surface area (Å²) >= 11 is 3.21. The number of aromatic nitrogens is 2. The van der Waals surface area contributed by atoms with Crippen LogP contribution in [0.15, 0.2) is 22.8 Å². The molecule has 0 saturated heterocycles. The number of phenolic OH excluding ortho intramolecular Hbond substituents is 2. The number of phenols is 2. The lowest BCUT2D eigenvalue weighted by molar-refractivity contribution is 0.405. The molecule has 1 heterocycles. The van der Waals surface area contributed by atoms with Crippen molar-refractivity contribution in [3.63, 3.8) is 0 Å². The molecule has 5 nitrogen and oxygen atoms in total. The summed E-state index contributed by atoms with van der Waals surface area (Å²) in [7, 11) is 0. The Morgan fingerprint density at radius 2 is 2.00 bits per heavy atom. The predicted molar refractivity (Wildman–Crippen MR) is 59.5 cm³/mol. The Bertz CT molecular complexity index is 510. The maximum atomic E-state index is 9.65. The lowest BCUT2D eigenvalue weighted by Crippen LogP contribution is -1.88. The fourth-order valence-electron chi connectivity index (χ4n) is 1.30. The Morgan fingerprint density at radius 3 is 2.60 bits per heavy atom. The first kappa shape index (κ1) is 9.85. The van der Waals surface area contributed by atoms with Gasteiger partial charge in [0.25, 0.3) is 0 Å². The molecule has 2 aromatic rings. The Hall–Kier alpha value is -1.69. The van der Waals surface area contributed by atoms with Gasteiger partial charge in [-0.1, -0.05) is 15.9 Å². The number of rotatable bonds is 1. The first-order chi connectivity index (χ1) is 7.09. The Balaban J connectivity index is 2.68. The van der Waals surface area contributed by atoms with Gasteiger partial charge in [-0.3, -0.25) is 5.10 Å². The van der Waals surface area contributed by atoms with Gasteiger partial charge in [0.2, 0.25) is 0 Å². The van der Waals surface area contributed by atoms with Gasteiger partial charge in [0.05, 0.1) is 6.20 Å². The minimum absolute atomic E-state index is 0.208. The zero-order valence-corrected chi connectivity index (χ0v) is 9.12. The monoisotopic (exact) mass is 269 g/mol. The molecule has 0 radical (unpaired) electrons. The summed E-state index contributed by atoms with van der Waals surface area (Å²) in [5.41, 5.74) is 6.59. The zero-order chi connectivity index (χ0) is 11.0. The Labute approximate surface area is 93.7 Å². The molecule has 0 atom stereocenters. The Kier molecular flexibility index (Phi) is 2.28. The molecule has 0 bridgehead atoms. The van der Waals surface area contributed by atoms with Crippen LogP contribution in [0.3, 0.4) is 0 Å². The van der Waals surface area contributed by atoms with E-state index in [9.17, 15) is 10.2 Å². The van der Waals surface area contributed by atoms with E-state index >= 15 is 0 Å². The maximum absolute atomic E-state index is 9.65. The van der Waals surface area contributed by atoms with Crippen molar-refractivity contribution in [3.8, 4) is 22.6 Å². The molecule has 0 fully saturated rings. The van der Waals surface area contributed by atoms with Crippen molar-refractivity contribution >= 4 is 21.7 Å². The number of halogens is 1. The molecule has 6 heteroatoms. The molecule has 0 aliphatic rings. The van der Waals surface area contributed by atoms with E-state index in [0.29, 0.717) is 21.4 Å². The van der Waals surface area contributed by atoms with Crippen molar-refractivity contribution in [3.05, 3.63) is 22.8 Å². The van der Waals surface area contributed by atoms with Crippen LogP contribution in [0, 0.1) is 0 Å². The number of anilines is 1. The van der Waals surface area contributed by atoms with Crippen LogP contribution >= 0.6 is 15.9 Å². The third kappa shape index (κ3) is 1.63. The number of nitrogens with two attached hydrogens (primary N) is 1. The molecule has 0 spiro atoms. The lowest BCUT2D eigenvalue weighted by Gasteiger charge is -2.05. The van der Waals surface area contributed by atoms with Crippen molar-refractivity contribution in [2.75, 3.05) is 5.73 Å². The molecule has 0 saturated carbocycles. The topological polar surface area (TPSA) is 95.2 Å². The highest BCUT2D eigenvalue weighted by atomic mass is 79.9. The van der Waals surface area contributed by atoms with Gasteiger partial charge in [-0.2, -0.15) is 5.10 Å². The van der Waals surface area contributed by atoms with Crippen LogP contribution in [-0.2, 0) is 0 Å². The molecule has 5 N–H and O–H groups in total. The van der Waals surface area contributed by atoms with Crippen molar-refractivity contribution in [1.29, 1.82) is 0 Å². The standard InChI is InChI=1S/C9H8BrN3O2/c10-4-1-5(8(15)7(14)2-4)6-3-12-13-9(6)11/h1-3,14-15H,(H3,11,12,13). The first-order valence-corrected chi connectivity index (χ1v) is 4.89. The molecule has 1 aromatic carbocycles. The third-order valence-corrected chi connectivity index (χ3v) is 2.47. The normalized spacial score (nSPS) is 10.5. The molecule has 15 heavy (non-hydrogen) atoms. The number of nitrogens with zero attached hydrogens (tertiary/aromatic N) is 1. The number of nitrogen functional groups attached to an aromatic ring is 1. The van der Waals surface area contributed by atoms with Gasteiger partial charge in [-0.15, -0.1) is 0 Å². The minimum Gasteiger partial charge on any atom is -0.504 e. The summed E-state index contributed by atoms with van der Waals surface area (Å²) in [6, 6.07) is 3.05. The van der Waals surface area contributed by atoms with Crippen LogP contribution in [0.5, 0.6) is 11.5 Å². The second kappa shape index (κ2) is 3.47. The van der Waals surface area contributed by atoms with Crippen molar-refractivity contribution in [2.24, 2.45) is 0 Å². The van der Waals surface area contributed by atoms with Crippen molar-refractivity contribution in [1.82, 2.24) is 10.2 Å². The lowest BCUT2D eigenvalue weighted by atomic mass is 10.1. The van der Waals surface area contributed by atoms with Gasteiger partial charge in [0.15, 0.2) is 11.5 Å². The number of H-pyrrole nitrogens is 1. The van der Waals surface area contributed by atoms with Gasteiger partial charge in [0, 0.05) is 15.6 Å². The summed E-state index contributed by atoms with van der Waals surface area (Å²) < 4.78 is 0.647. The summed E-state index contributed by atoms with van der Waals surface area (Å²) in [6.07, 6.45) is 1.48. The van der Waals surface area contributed by atoms with Gasteiger partial charge < -0.3 is 15.9 Å². The number of aromatic amines is 1. The van der Waals surface area contributed by atoms with Crippen LogP contribution < -0.4 is 5.73 Å². The highest BCUT2D eigenvalue weighted by molar-refractivity contribution is 9.10. The van der Waals surface area contributed by atoms with E-state index in [1.54, 1.807) is 6.07 Å². The summed E-state index contributed by atoms with van der Waals surface area (Å²) in [6.45, 7) is 0. The SMILES string of the molecule is Nc1[nH]ncc1-c1cc(Br)cc(O)c1O. The molecule has 0 amide bonds. The molecular formula is C9H8BrN3O2. The van der Waals surface area contributed by atoms with Crippen LogP contribution in [0.4, 0.5) is 5.82 Å². The summed E-state index contributed by atoms with van der Waals surface area (Å²) in [5.74, 6) is -0.0888. The van der Waals surface area contributed by atoms with E-state index < -0.39 is 0 Å². The van der Waals surface area contributed by atoms with E-state index in [0.717, 1.165) is 0 Å². The fraction of sp³-hybridized carbons (Fsp3) is 0. The number of hydrogen-bond donors (Lipinski definition) is 4. The van der Waals surface area contributed by atoms with Crippen molar-refractivity contribution in [2.45, 2.75) is 0 Å². The van der Waals surface area contributed by atoms with E-state index in [-0.39, 0.29) is 11.5 Å². The average molecular weight is 270 g/mol. The highest BCUT2D eigenvalue weighted by Crippen LogP contribution is 2.40.